The number of oxazole rings is 1. The van der Waals surface area contributed by atoms with Crippen molar-refractivity contribution in [1.29, 1.82) is 0 Å². The molecule has 1 aromatic carbocycles. The van der Waals surface area contributed by atoms with Crippen molar-refractivity contribution < 1.29 is 17.6 Å². The first-order chi connectivity index (χ1) is 9.40. The van der Waals surface area contributed by atoms with Gasteiger partial charge in [0.25, 0.3) is 0 Å². The van der Waals surface area contributed by atoms with Crippen LogP contribution in [0.3, 0.4) is 0 Å². The van der Waals surface area contributed by atoms with Crippen LogP contribution in [0, 0.1) is 0 Å². The number of nitrogens with zero attached hydrogens (tertiary/aromatic N) is 1. The Labute approximate surface area is 123 Å². The number of thiol groups is 1. The van der Waals surface area contributed by atoms with Crippen LogP contribution in [0.1, 0.15) is 22.7 Å². The molecule has 0 aliphatic heterocycles. The summed E-state index contributed by atoms with van der Waals surface area (Å²) in [6.07, 6.45) is 0.156. The second kappa shape index (κ2) is 5.93. The average molecular weight is 320 g/mol. The maximum atomic E-state index is 12.5. The molecule has 1 aromatic heterocycles. The summed E-state index contributed by atoms with van der Waals surface area (Å²) in [4.78, 5) is 4.26. The highest BCUT2D eigenvalue weighted by Crippen LogP contribution is 2.32. The van der Waals surface area contributed by atoms with Crippen LogP contribution in [-0.2, 0) is 12.1 Å². The van der Waals surface area contributed by atoms with Gasteiger partial charge in [0.2, 0.25) is 5.89 Å². The van der Waals surface area contributed by atoms with Gasteiger partial charge in [0.05, 0.1) is 17.1 Å². The quantitative estimate of drug-likeness (QED) is 0.644. The highest BCUT2D eigenvalue weighted by molar-refractivity contribution is 7.80. The lowest BCUT2D eigenvalue weighted by Gasteiger charge is -2.08. The smallest absolute Gasteiger partial charge is 0.416 e. The van der Waals surface area contributed by atoms with Gasteiger partial charge < -0.3 is 4.42 Å². The summed E-state index contributed by atoms with van der Waals surface area (Å²) < 4.78 is 42.6. The monoisotopic (exact) mass is 319 g/mol. The molecule has 106 valence electrons. The van der Waals surface area contributed by atoms with Crippen LogP contribution in [-0.4, -0.2) is 4.98 Å². The summed E-state index contributed by atoms with van der Waals surface area (Å²) in [7, 11) is 0. The maximum absolute atomic E-state index is 12.5. The van der Waals surface area contributed by atoms with Crippen LogP contribution in [0.25, 0.3) is 12.2 Å². The van der Waals surface area contributed by atoms with Crippen molar-refractivity contribution in [1.82, 2.24) is 4.98 Å². The van der Waals surface area contributed by atoms with Crippen molar-refractivity contribution in [2.24, 2.45) is 0 Å². The first-order valence-electron chi connectivity index (χ1n) is 5.49. The van der Waals surface area contributed by atoms with Gasteiger partial charge in [0, 0.05) is 11.0 Å². The Morgan fingerprint density at radius 2 is 2.05 bits per heavy atom. The van der Waals surface area contributed by atoms with Crippen LogP contribution >= 0.6 is 24.2 Å². The van der Waals surface area contributed by atoms with Gasteiger partial charge in [0.1, 0.15) is 6.26 Å². The van der Waals surface area contributed by atoms with E-state index < -0.39 is 11.7 Å². The highest BCUT2D eigenvalue weighted by atomic mass is 35.5. The zero-order valence-electron chi connectivity index (χ0n) is 9.99. The van der Waals surface area contributed by atoms with Crippen LogP contribution in [0.4, 0.5) is 13.2 Å². The van der Waals surface area contributed by atoms with E-state index in [4.69, 9.17) is 16.0 Å². The third-order valence-corrected chi connectivity index (χ3v) is 3.13. The second-order valence-corrected chi connectivity index (χ2v) is 4.66. The Balaban J connectivity index is 2.21. The van der Waals surface area contributed by atoms with E-state index >= 15 is 0 Å². The summed E-state index contributed by atoms with van der Waals surface area (Å²) in [5.74, 6) is 0.559. The van der Waals surface area contributed by atoms with Crippen molar-refractivity contribution >= 4 is 36.4 Å². The lowest BCUT2D eigenvalue weighted by Crippen LogP contribution is -2.04. The van der Waals surface area contributed by atoms with Crippen LogP contribution < -0.4 is 0 Å². The molecule has 0 spiro atoms. The number of aromatic nitrogens is 1. The minimum absolute atomic E-state index is 0.222. The second-order valence-electron chi connectivity index (χ2n) is 3.92. The predicted molar refractivity (Wildman–Crippen MR) is 73.7 cm³/mol. The fraction of sp³-hybridized carbons (Fsp3) is 0.154. The van der Waals surface area contributed by atoms with E-state index in [9.17, 15) is 13.2 Å². The molecule has 0 aliphatic carbocycles. The normalized spacial score (nSPS) is 12.2. The summed E-state index contributed by atoms with van der Waals surface area (Å²) >= 11 is 9.62. The summed E-state index contributed by atoms with van der Waals surface area (Å²) in [6.45, 7) is 0. The third kappa shape index (κ3) is 3.58. The molecule has 20 heavy (non-hydrogen) atoms. The van der Waals surface area contributed by atoms with Crippen molar-refractivity contribution in [3.8, 4) is 0 Å². The summed E-state index contributed by atoms with van der Waals surface area (Å²) in [6, 6.07) is 3.31. The number of benzene rings is 1. The van der Waals surface area contributed by atoms with Gasteiger partial charge in [-0.05, 0) is 23.8 Å². The van der Waals surface area contributed by atoms with Crippen LogP contribution in [0.2, 0.25) is 0 Å². The molecule has 0 fully saturated rings. The molecule has 0 N–H and O–H groups in total. The molecule has 0 amide bonds. The molecule has 0 radical (unpaired) electrons. The average Bonchev–Trinajstić information content (AvgIpc) is 2.84. The third-order valence-electron chi connectivity index (χ3n) is 2.47. The van der Waals surface area contributed by atoms with E-state index in [-0.39, 0.29) is 10.8 Å². The van der Waals surface area contributed by atoms with Gasteiger partial charge in [-0.3, -0.25) is 0 Å². The van der Waals surface area contributed by atoms with Gasteiger partial charge >= 0.3 is 6.18 Å². The van der Waals surface area contributed by atoms with Gasteiger partial charge in [0.15, 0.2) is 0 Å². The summed E-state index contributed by atoms with van der Waals surface area (Å²) in [5, 5.41) is 0. The minimum atomic E-state index is -4.38. The lowest BCUT2D eigenvalue weighted by molar-refractivity contribution is -0.137. The van der Waals surface area contributed by atoms with Crippen molar-refractivity contribution in [3.05, 3.63) is 47.2 Å². The van der Waals surface area contributed by atoms with Crippen molar-refractivity contribution in [2.75, 3.05) is 0 Å². The maximum Gasteiger partial charge on any atom is 0.416 e. The van der Waals surface area contributed by atoms with Crippen LogP contribution in [0.15, 0.2) is 33.8 Å². The lowest BCUT2D eigenvalue weighted by atomic mass is 10.1. The molecule has 0 aliphatic rings. The van der Waals surface area contributed by atoms with Crippen molar-refractivity contribution in [3.63, 3.8) is 0 Å². The van der Waals surface area contributed by atoms with E-state index in [0.717, 1.165) is 12.1 Å². The SMILES string of the molecule is FC(F)(F)c1ccc(C=Cc2nc(CCl)co2)c(S)c1. The van der Waals surface area contributed by atoms with Crippen LogP contribution in [0.5, 0.6) is 0 Å². The molecular formula is C13H9ClF3NOS. The standard InChI is InChI=1S/C13H9ClF3NOS/c14-6-10-7-19-12(18-10)4-2-8-1-3-9(5-11(8)20)13(15,16)17/h1-5,7,20H,6H2. The fourth-order valence-electron chi connectivity index (χ4n) is 1.48. The molecule has 7 heteroatoms. The number of hydrogen-bond acceptors (Lipinski definition) is 3. The highest BCUT2D eigenvalue weighted by Gasteiger charge is 2.30. The summed E-state index contributed by atoms with van der Waals surface area (Å²) in [5.41, 5.74) is 0.386. The predicted octanol–water partition coefficient (Wildman–Crippen LogP) is 4.89. The molecule has 0 saturated heterocycles. The Bertz CT molecular complexity index is 637. The van der Waals surface area contributed by atoms with E-state index in [2.05, 4.69) is 17.6 Å². The van der Waals surface area contributed by atoms with E-state index in [1.807, 2.05) is 0 Å². The number of halogens is 4. The molecule has 0 saturated carbocycles. The molecular weight excluding hydrogens is 311 g/mol. The van der Waals surface area contributed by atoms with E-state index in [1.165, 1.54) is 12.3 Å². The van der Waals surface area contributed by atoms with Gasteiger partial charge in [-0.2, -0.15) is 13.2 Å². The van der Waals surface area contributed by atoms with E-state index in [0.29, 0.717) is 17.1 Å². The molecule has 1 heterocycles. The number of hydrogen-bond donors (Lipinski definition) is 1. The van der Waals surface area contributed by atoms with Gasteiger partial charge in [-0.25, -0.2) is 4.98 Å². The van der Waals surface area contributed by atoms with Gasteiger partial charge in [-0.1, -0.05) is 6.07 Å². The largest absolute Gasteiger partial charge is 0.445 e. The molecule has 0 bridgehead atoms. The zero-order chi connectivity index (χ0) is 14.8. The first kappa shape index (κ1) is 15.0. The molecule has 2 aromatic rings. The molecule has 2 nitrogen and oxygen atoms in total. The Hall–Kier alpha value is -1.40. The Morgan fingerprint density at radius 1 is 1.30 bits per heavy atom. The Kier molecular flexibility index (Phi) is 4.45. The molecule has 0 unspecified atom stereocenters. The van der Waals surface area contributed by atoms with E-state index in [1.54, 1.807) is 12.2 Å². The molecule has 0 atom stereocenters. The van der Waals surface area contributed by atoms with Gasteiger partial charge in [-0.15, -0.1) is 24.2 Å². The minimum Gasteiger partial charge on any atom is -0.445 e. The zero-order valence-corrected chi connectivity index (χ0v) is 11.6. The van der Waals surface area contributed by atoms with Crippen molar-refractivity contribution in [2.45, 2.75) is 17.0 Å². The number of rotatable bonds is 3. The topological polar surface area (TPSA) is 26.0 Å². The fourth-order valence-corrected chi connectivity index (χ4v) is 1.89. The Morgan fingerprint density at radius 3 is 2.60 bits per heavy atom. The first-order valence-corrected chi connectivity index (χ1v) is 6.47. The number of alkyl halides is 4. The molecule has 2 rings (SSSR count).